The summed E-state index contributed by atoms with van der Waals surface area (Å²) >= 11 is 4.50. The lowest BCUT2D eigenvalue weighted by Crippen LogP contribution is -2.40. The molecule has 2 rings (SSSR count). The minimum Gasteiger partial charge on any atom is -0.394 e. The standard InChI is InChI=1S/C11H16BrNO4S2/c12-10-1-2-11(18-10)19(15,16)13-5-3-9(4-6-13)17-8-7-14/h1-2,9,14H,3-8H2. The van der Waals surface area contributed by atoms with Crippen LogP contribution in [0.5, 0.6) is 0 Å². The van der Waals surface area contributed by atoms with Gasteiger partial charge in [-0.05, 0) is 40.9 Å². The average molecular weight is 370 g/mol. The number of hydrogen-bond donors (Lipinski definition) is 1. The Morgan fingerprint density at radius 1 is 1.42 bits per heavy atom. The molecule has 1 saturated heterocycles. The van der Waals surface area contributed by atoms with Crippen LogP contribution in [-0.2, 0) is 14.8 Å². The van der Waals surface area contributed by atoms with Gasteiger partial charge in [0, 0.05) is 13.1 Å². The Morgan fingerprint density at radius 2 is 2.11 bits per heavy atom. The SMILES string of the molecule is O=S(=O)(c1ccc(Br)s1)N1CCC(OCCO)CC1. The predicted octanol–water partition coefficient (Wildman–Crippen LogP) is 1.67. The molecular weight excluding hydrogens is 354 g/mol. The van der Waals surface area contributed by atoms with Crippen molar-refractivity contribution in [3.63, 3.8) is 0 Å². The largest absolute Gasteiger partial charge is 0.394 e. The van der Waals surface area contributed by atoms with E-state index in [4.69, 9.17) is 9.84 Å². The van der Waals surface area contributed by atoms with Crippen molar-refractivity contribution in [2.45, 2.75) is 23.2 Å². The van der Waals surface area contributed by atoms with E-state index in [1.807, 2.05) is 0 Å². The second-order valence-corrected chi connectivity index (χ2v) is 8.88. The van der Waals surface area contributed by atoms with E-state index >= 15 is 0 Å². The van der Waals surface area contributed by atoms with Gasteiger partial charge in [0.05, 0.1) is 23.1 Å². The van der Waals surface area contributed by atoms with Gasteiger partial charge >= 0.3 is 0 Å². The van der Waals surface area contributed by atoms with Gasteiger partial charge in [-0.2, -0.15) is 4.31 Å². The molecule has 0 atom stereocenters. The van der Waals surface area contributed by atoms with Crippen LogP contribution in [0, 0.1) is 0 Å². The molecule has 0 saturated carbocycles. The number of piperidine rings is 1. The Labute approximate surface area is 125 Å². The van der Waals surface area contributed by atoms with Crippen molar-refractivity contribution in [2.24, 2.45) is 0 Å². The number of thiophene rings is 1. The lowest BCUT2D eigenvalue weighted by Gasteiger charge is -2.30. The molecule has 1 N–H and O–H groups in total. The van der Waals surface area contributed by atoms with Crippen molar-refractivity contribution in [2.75, 3.05) is 26.3 Å². The summed E-state index contributed by atoms with van der Waals surface area (Å²) in [5.74, 6) is 0. The van der Waals surface area contributed by atoms with E-state index in [-0.39, 0.29) is 12.7 Å². The fraction of sp³-hybridized carbons (Fsp3) is 0.636. The van der Waals surface area contributed by atoms with Crippen LogP contribution < -0.4 is 0 Å². The molecule has 108 valence electrons. The Hall–Kier alpha value is 0.01000. The van der Waals surface area contributed by atoms with Gasteiger partial charge in [0.15, 0.2) is 0 Å². The Bertz CT molecular complexity index is 509. The number of ether oxygens (including phenoxy) is 1. The van der Waals surface area contributed by atoms with Crippen molar-refractivity contribution in [3.05, 3.63) is 15.9 Å². The van der Waals surface area contributed by atoms with E-state index in [9.17, 15) is 8.42 Å². The van der Waals surface area contributed by atoms with Crippen LogP contribution in [0.25, 0.3) is 0 Å². The predicted molar refractivity (Wildman–Crippen MR) is 76.8 cm³/mol. The van der Waals surface area contributed by atoms with Crippen molar-refractivity contribution < 1.29 is 18.3 Å². The maximum atomic E-state index is 12.4. The third-order valence-electron chi connectivity index (χ3n) is 2.99. The Balaban J connectivity index is 1.97. The number of aliphatic hydroxyl groups is 1. The van der Waals surface area contributed by atoms with Crippen LogP contribution in [0.4, 0.5) is 0 Å². The lowest BCUT2D eigenvalue weighted by molar-refractivity contribution is 0.00320. The molecule has 0 spiro atoms. The highest BCUT2D eigenvalue weighted by Gasteiger charge is 2.30. The second-order valence-electron chi connectivity index (χ2n) is 4.26. The summed E-state index contributed by atoms with van der Waals surface area (Å²) in [6, 6.07) is 3.37. The first kappa shape index (κ1) is 15.4. The van der Waals surface area contributed by atoms with Crippen molar-refractivity contribution in [1.29, 1.82) is 0 Å². The van der Waals surface area contributed by atoms with Crippen molar-refractivity contribution >= 4 is 37.3 Å². The van der Waals surface area contributed by atoms with Gasteiger partial charge in [0.25, 0.3) is 10.0 Å². The number of nitrogens with zero attached hydrogens (tertiary/aromatic N) is 1. The summed E-state index contributed by atoms with van der Waals surface area (Å²) in [7, 11) is -3.37. The smallest absolute Gasteiger partial charge is 0.252 e. The third kappa shape index (κ3) is 3.77. The summed E-state index contributed by atoms with van der Waals surface area (Å²) in [4.78, 5) is 0. The van der Waals surface area contributed by atoms with Gasteiger partial charge < -0.3 is 9.84 Å². The zero-order valence-electron chi connectivity index (χ0n) is 10.3. The molecule has 5 nitrogen and oxygen atoms in total. The monoisotopic (exact) mass is 369 g/mol. The first-order valence-corrected chi connectivity index (χ1v) is 9.07. The molecule has 0 bridgehead atoms. The van der Waals surface area contributed by atoms with E-state index in [1.54, 1.807) is 12.1 Å². The Kier molecular flexibility index (Phi) is 5.38. The maximum Gasteiger partial charge on any atom is 0.252 e. The molecule has 0 radical (unpaired) electrons. The minimum atomic E-state index is -3.37. The summed E-state index contributed by atoms with van der Waals surface area (Å²) < 4.78 is 32.8. The molecule has 2 heterocycles. The van der Waals surface area contributed by atoms with Crippen molar-refractivity contribution in [1.82, 2.24) is 4.31 Å². The van der Waals surface area contributed by atoms with Crippen LogP contribution >= 0.6 is 27.3 Å². The third-order valence-corrected chi connectivity index (χ3v) is 6.98. The topological polar surface area (TPSA) is 66.8 Å². The van der Waals surface area contributed by atoms with E-state index in [1.165, 1.54) is 15.6 Å². The minimum absolute atomic E-state index is 0.00172. The highest BCUT2D eigenvalue weighted by atomic mass is 79.9. The van der Waals surface area contributed by atoms with E-state index in [2.05, 4.69) is 15.9 Å². The van der Waals surface area contributed by atoms with E-state index in [0.29, 0.717) is 36.7 Å². The zero-order chi connectivity index (χ0) is 13.9. The average Bonchev–Trinajstić information content (AvgIpc) is 2.84. The van der Waals surface area contributed by atoms with Gasteiger partial charge in [-0.15, -0.1) is 11.3 Å². The number of halogens is 1. The Morgan fingerprint density at radius 3 is 2.63 bits per heavy atom. The van der Waals surface area contributed by atoms with Gasteiger partial charge in [0.1, 0.15) is 4.21 Å². The first-order valence-electron chi connectivity index (χ1n) is 6.02. The molecule has 0 aliphatic carbocycles. The molecule has 19 heavy (non-hydrogen) atoms. The molecule has 1 aliphatic heterocycles. The number of sulfonamides is 1. The molecule has 1 aromatic heterocycles. The number of rotatable bonds is 5. The normalized spacial score (nSPS) is 18.8. The van der Waals surface area contributed by atoms with E-state index < -0.39 is 10.0 Å². The van der Waals surface area contributed by atoms with Crippen LogP contribution in [0.1, 0.15) is 12.8 Å². The molecule has 0 aromatic carbocycles. The number of hydrogen-bond acceptors (Lipinski definition) is 5. The fourth-order valence-electron chi connectivity index (χ4n) is 2.02. The number of aliphatic hydroxyl groups excluding tert-OH is 1. The summed E-state index contributed by atoms with van der Waals surface area (Å²) in [6.07, 6.45) is 1.39. The molecule has 8 heteroatoms. The van der Waals surface area contributed by atoms with Crippen molar-refractivity contribution in [3.8, 4) is 0 Å². The fourth-order valence-corrected chi connectivity index (χ4v) is 5.66. The summed E-state index contributed by atoms with van der Waals surface area (Å²) in [5.41, 5.74) is 0. The van der Waals surface area contributed by atoms with Gasteiger partial charge in [0.2, 0.25) is 0 Å². The summed E-state index contributed by atoms with van der Waals surface area (Å²) in [6.45, 7) is 1.25. The maximum absolute atomic E-state index is 12.4. The van der Waals surface area contributed by atoms with Gasteiger partial charge in [-0.25, -0.2) is 8.42 Å². The molecule has 0 unspecified atom stereocenters. The van der Waals surface area contributed by atoms with Crippen LogP contribution in [0.3, 0.4) is 0 Å². The molecule has 1 aromatic rings. The van der Waals surface area contributed by atoms with Gasteiger partial charge in [-0.3, -0.25) is 0 Å². The lowest BCUT2D eigenvalue weighted by atomic mass is 10.1. The second kappa shape index (κ2) is 6.64. The molecule has 1 fully saturated rings. The van der Waals surface area contributed by atoms with Gasteiger partial charge in [-0.1, -0.05) is 0 Å². The summed E-state index contributed by atoms with van der Waals surface area (Å²) in [5, 5.41) is 8.69. The molecule has 1 aliphatic rings. The molecular formula is C11H16BrNO4S2. The first-order chi connectivity index (χ1) is 9.04. The molecule has 0 amide bonds. The van der Waals surface area contributed by atoms with Crippen LogP contribution in [0.2, 0.25) is 0 Å². The van der Waals surface area contributed by atoms with E-state index in [0.717, 1.165) is 3.79 Å². The zero-order valence-corrected chi connectivity index (χ0v) is 13.5. The van der Waals surface area contributed by atoms with Crippen LogP contribution in [-0.4, -0.2) is 50.2 Å². The van der Waals surface area contributed by atoms with Crippen LogP contribution in [0.15, 0.2) is 20.1 Å². The highest BCUT2D eigenvalue weighted by Crippen LogP contribution is 2.30. The quantitative estimate of drug-likeness (QED) is 0.857. The highest BCUT2D eigenvalue weighted by molar-refractivity contribution is 9.11.